The second kappa shape index (κ2) is 6.67. The standard InChI is InChI=1S/C21H23N3O2/c1-2-4-19-18(3-1)17(12-22-19)14-24-9-7-23(8-10-24)13-16-5-6-20-21(11-16)26-15-25-20/h1-6,11-12,22H,7-10,13-15H2/p+2. The van der Waals surface area contributed by atoms with Crippen molar-refractivity contribution in [1.29, 1.82) is 0 Å². The third kappa shape index (κ3) is 3.04. The lowest BCUT2D eigenvalue weighted by Gasteiger charge is -2.29. The van der Waals surface area contributed by atoms with Gasteiger partial charge in [0.1, 0.15) is 39.3 Å². The molecule has 1 saturated heterocycles. The van der Waals surface area contributed by atoms with Gasteiger partial charge in [0.2, 0.25) is 6.79 Å². The van der Waals surface area contributed by atoms with Crippen LogP contribution in [-0.2, 0) is 13.1 Å². The van der Waals surface area contributed by atoms with E-state index in [1.165, 1.54) is 48.2 Å². The van der Waals surface area contributed by atoms with Crippen molar-refractivity contribution in [1.82, 2.24) is 4.98 Å². The summed E-state index contributed by atoms with van der Waals surface area (Å²) in [6.45, 7) is 7.40. The highest BCUT2D eigenvalue weighted by Gasteiger charge is 2.24. The van der Waals surface area contributed by atoms with Crippen LogP contribution in [0.2, 0.25) is 0 Å². The molecule has 1 aromatic heterocycles. The molecule has 0 unspecified atom stereocenters. The molecule has 0 radical (unpaired) electrons. The van der Waals surface area contributed by atoms with Gasteiger partial charge in [-0.2, -0.15) is 0 Å². The highest BCUT2D eigenvalue weighted by Crippen LogP contribution is 2.32. The Balaban J connectivity index is 1.18. The van der Waals surface area contributed by atoms with Crippen LogP contribution in [0.15, 0.2) is 48.7 Å². The number of aromatic nitrogens is 1. The minimum absolute atomic E-state index is 0.349. The molecule has 0 aliphatic carbocycles. The Morgan fingerprint density at radius 2 is 1.62 bits per heavy atom. The van der Waals surface area contributed by atoms with Crippen LogP contribution in [0.25, 0.3) is 10.9 Å². The first kappa shape index (κ1) is 15.7. The van der Waals surface area contributed by atoms with E-state index in [1.54, 1.807) is 9.80 Å². The average Bonchev–Trinajstić information content (AvgIpc) is 3.30. The van der Waals surface area contributed by atoms with Crippen LogP contribution in [-0.4, -0.2) is 38.0 Å². The molecule has 0 bridgehead atoms. The maximum atomic E-state index is 5.50. The topological polar surface area (TPSA) is 43.1 Å². The molecule has 2 aliphatic heterocycles. The number of benzene rings is 2. The second-order valence-electron chi connectivity index (χ2n) is 7.40. The van der Waals surface area contributed by atoms with E-state index >= 15 is 0 Å². The van der Waals surface area contributed by atoms with E-state index in [4.69, 9.17) is 9.47 Å². The van der Waals surface area contributed by atoms with Crippen LogP contribution < -0.4 is 19.3 Å². The summed E-state index contributed by atoms with van der Waals surface area (Å²) in [6.07, 6.45) is 2.18. The molecule has 5 rings (SSSR count). The molecule has 0 atom stereocenters. The van der Waals surface area contributed by atoms with Crippen LogP contribution in [0.1, 0.15) is 11.1 Å². The molecule has 134 valence electrons. The summed E-state index contributed by atoms with van der Waals surface area (Å²) in [5.41, 5.74) is 4.02. The van der Waals surface area contributed by atoms with Crippen molar-refractivity contribution in [3.8, 4) is 11.5 Å². The first-order valence-corrected chi connectivity index (χ1v) is 9.46. The second-order valence-corrected chi connectivity index (χ2v) is 7.40. The highest BCUT2D eigenvalue weighted by atomic mass is 16.7. The molecule has 2 aliphatic rings. The SMILES string of the molecule is c1ccc2c(C[NH+]3CC[NH+](Cc4ccc5c(c4)OCO5)CC3)c[nH]c2c1. The number of nitrogens with one attached hydrogen (secondary N) is 3. The monoisotopic (exact) mass is 351 g/mol. The van der Waals surface area contributed by atoms with Gasteiger partial charge >= 0.3 is 0 Å². The molecule has 3 heterocycles. The van der Waals surface area contributed by atoms with E-state index in [1.807, 2.05) is 6.07 Å². The van der Waals surface area contributed by atoms with E-state index in [2.05, 4.69) is 47.6 Å². The van der Waals surface area contributed by atoms with Gasteiger partial charge < -0.3 is 24.3 Å². The molecule has 0 saturated carbocycles. The number of fused-ring (bicyclic) bond motifs is 2. The first-order chi connectivity index (χ1) is 12.8. The molecule has 3 aromatic rings. The highest BCUT2D eigenvalue weighted by molar-refractivity contribution is 5.82. The Hall–Kier alpha value is -2.50. The molecule has 3 N–H and O–H groups in total. The fourth-order valence-electron chi connectivity index (χ4n) is 4.20. The molecule has 0 amide bonds. The predicted molar refractivity (Wildman–Crippen MR) is 99.7 cm³/mol. The van der Waals surface area contributed by atoms with E-state index in [-0.39, 0.29) is 0 Å². The van der Waals surface area contributed by atoms with Crippen molar-refractivity contribution in [2.75, 3.05) is 33.0 Å². The Bertz CT molecular complexity index is 913. The number of H-pyrrole nitrogens is 1. The molecular weight excluding hydrogens is 326 g/mol. The van der Waals surface area contributed by atoms with Crippen molar-refractivity contribution in [2.24, 2.45) is 0 Å². The number of quaternary nitrogens is 2. The molecule has 2 aromatic carbocycles. The smallest absolute Gasteiger partial charge is 0.231 e. The number of hydrogen-bond donors (Lipinski definition) is 3. The van der Waals surface area contributed by atoms with Crippen LogP contribution in [0.3, 0.4) is 0 Å². The van der Waals surface area contributed by atoms with E-state index in [9.17, 15) is 0 Å². The minimum atomic E-state index is 0.349. The maximum absolute atomic E-state index is 5.50. The van der Waals surface area contributed by atoms with Crippen LogP contribution >= 0.6 is 0 Å². The van der Waals surface area contributed by atoms with Crippen molar-refractivity contribution in [3.63, 3.8) is 0 Å². The Labute approximate surface area is 153 Å². The number of hydrogen-bond acceptors (Lipinski definition) is 2. The summed E-state index contributed by atoms with van der Waals surface area (Å²) in [4.78, 5) is 6.74. The summed E-state index contributed by atoms with van der Waals surface area (Å²) >= 11 is 0. The summed E-state index contributed by atoms with van der Waals surface area (Å²) in [5.74, 6) is 1.77. The van der Waals surface area contributed by atoms with E-state index < -0.39 is 0 Å². The van der Waals surface area contributed by atoms with Crippen molar-refractivity contribution < 1.29 is 19.3 Å². The van der Waals surface area contributed by atoms with Gasteiger partial charge in [-0.1, -0.05) is 18.2 Å². The van der Waals surface area contributed by atoms with Gasteiger partial charge in [0, 0.05) is 28.2 Å². The zero-order valence-electron chi connectivity index (χ0n) is 14.9. The Morgan fingerprint density at radius 1 is 0.846 bits per heavy atom. The largest absolute Gasteiger partial charge is 0.454 e. The zero-order valence-corrected chi connectivity index (χ0v) is 14.9. The minimum Gasteiger partial charge on any atom is -0.454 e. The average molecular weight is 351 g/mol. The van der Waals surface area contributed by atoms with Gasteiger partial charge in [-0.15, -0.1) is 0 Å². The van der Waals surface area contributed by atoms with Gasteiger partial charge in [0.05, 0.1) is 0 Å². The molecule has 1 fully saturated rings. The lowest BCUT2D eigenvalue weighted by Crippen LogP contribution is -3.27. The number of rotatable bonds is 4. The number of para-hydroxylation sites is 1. The van der Waals surface area contributed by atoms with Gasteiger partial charge in [0.25, 0.3) is 0 Å². The van der Waals surface area contributed by atoms with Crippen molar-refractivity contribution in [3.05, 3.63) is 59.8 Å². The van der Waals surface area contributed by atoms with Gasteiger partial charge in [-0.25, -0.2) is 0 Å². The predicted octanol–water partition coefficient (Wildman–Crippen LogP) is 0.380. The molecule has 5 heteroatoms. The third-order valence-corrected chi connectivity index (χ3v) is 5.67. The molecule has 26 heavy (non-hydrogen) atoms. The van der Waals surface area contributed by atoms with Gasteiger partial charge in [-0.3, -0.25) is 0 Å². The van der Waals surface area contributed by atoms with Crippen molar-refractivity contribution >= 4 is 10.9 Å². The lowest BCUT2D eigenvalue weighted by atomic mass is 10.1. The molecular formula is C21H25N3O2+2. The Morgan fingerprint density at radius 3 is 2.50 bits per heavy atom. The molecule has 0 spiro atoms. The summed E-state index contributed by atoms with van der Waals surface area (Å²) in [6, 6.07) is 14.9. The van der Waals surface area contributed by atoms with E-state index in [0.717, 1.165) is 24.6 Å². The number of piperazine rings is 1. The number of aromatic amines is 1. The fraction of sp³-hybridized carbons (Fsp3) is 0.333. The quantitative estimate of drug-likeness (QED) is 0.636. The van der Waals surface area contributed by atoms with Crippen LogP contribution in [0.4, 0.5) is 0 Å². The maximum Gasteiger partial charge on any atom is 0.231 e. The van der Waals surface area contributed by atoms with Crippen LogP contribution in [0, 0.1) is 0 Å². The normalized spacial score (nSPS) is 22.0. The number of ether oxygens (including phenoxy) is 2. The fourth-order valence-corrected chi connectivity index (χ4v) is 4.20. The van der Waals surface area contributed by atoms with Crippen LogP contribution in [0.5, 0.6) is 11.5 Å². The Kier molecular flexibility index (Phi) is 4.03. The van der Waals surface area contributed by atoms with Gasteiger partial charge in [0.15, 0.2) is 11.5 Å². The summed E-state index contributed by atoms with van der Waals surface area (Å²) in [5, 5.41) is 1.37. The van der Waals surface area contributed by atoms with Gasteiger partial charge in [-0.05, 0) is 24.3 Å². The first-order valence-electron chi connectivity index (χ1n) is 9.46. The third-order valence-electron chi connectivity index (χ3n) is 5.67. The van der Waals surface area contributed by atoms with Crippen molar-refractivity contribution in [2.45, 2.75) is 13.1 Å². The zero-order chi connectivity index (χ0) is 17.3. The summed E-state index contributed by atoms with van der Waals surface area (Å²) in [7, 11) is 0. The summed E-state index contributed by atoms with van der Waals surface area (Å²) < 4.78 is 10.9. The van der Waals surface area contributed by atoms with E-state index in [0.29, 0.717) is 6.79 Å². The molecule has 5 nitrogen and oxygen atoms in total. The lowest BCUT2D eigenvalue weighted by molar-refractivity contribution is -1.02.